The van der Waals surface area contributed by atoms with Gasteiger partial charge in [-0.25, -0.2) is 0 Å². The number of nitrogens with one attached hydrogen (secondary N) is 1. The van der Waals surface area contributed by atoms with E-state index in [1.54, 1.807) is 0 Å². The molecule has 0 radical (unpaired) electrons. The first kappa shape index (κ1) is 21.9. The van der Waals surface area contributed by atoms with E-state index in [9.17, 15) is 24.6 Å². The first-order valence-electron chi connectivity index (χ1n) is 6.99. The van der Waals surface area contributed by atoms with E-state index in [1.807, 2.05) is 0 Å². The van der Waals surface area contributed by atoms with Crippen LogP contribution in [0.1, 0.15) is 20.3 Å². The van der Waals surface area contributed by atoms with E-state index in [-0.39, 0.29) is 18.9 Å². The van der Waals surface area contributed by atoms with Gasteiger partial charge in [0.05, 0.1) is 6.61 Å². The van der Waals surface area contributed by atoms with Crippen molar-refractivity contribution >= 4 is 42.0 Å². The van der Waals surface area contributed by atoms with Gasteiger partial charge >= 0.3 is 0 Å². The Morgan fingerprint density at radius 2 is 2.00 bits per heavy atom. The summed E-state index contributed by atoms with van der Waals surface area (Å²) in [5.74, 6) is -1.54. The van der Waals surface area contributed by atoms with Crippen LogP contribution >= 0.6 is 24.2 Å². The lowest BCUT2D eigenvalue weighted by Gasteiger charge is -2.31. The average molecular weight is 367 g/mol. The maximum atomic E-state index is 12.3. The van der Waals surface area contributed by atoms with E-state index in [0.717, 1.165) is 16.5 Å². The van der Waals surface area contributed by atoms with Crippen LogP contribution in [0.3, 0.4) is 0 Å². The maximum absolute atomic E-state index is 12.3. The van der Waals surface area contributed by atoms with Gasteiger partial charge in [-0.3, -0.25) is 19.3 Å². The number of thiol groups is 1. The predicted octanol–water partition coefficient (Wildman–Crippen LogP) is -0.0904. The lowest BCUT2D eigenvalue weighted by molar-refractivity contribution is -0.154. The Morgan fingerprint density at radius 1 is 1.39 bits per heavy atom. The zero-order chi connectivity index (χ0) is 18.0. The van der Waals surface area contributed by atoms with Gasteiger partial charge in [-0.1, -0.05) is 25.4 Å². The fourth-order valence-corrected chi connectivity index (χ4v) is 1.76. The minimum atomic E-state index is -1.60. The fraction of sp³-hybridized carbons (Fsp3) is 0.643. The van der Waals surface area contributed by atoms with E-state index in [1.165, 1.54) is 13.8 Å². The molecule has 0 aromatic carbocycles. The van der Waals surface area contributed by atoms with Crippen LogP contribution in [-0.2, 0) is 14.4 Å². The van der Waals surface area contributed by atoms with Crippen LogP contribution in [0, 0.1) is 5.41 Å². The van der Waals surface area contributed by atoms with Gasteiger partial charge in [0.2, 0.25) is 5.91 Å². The number of imide groups is 1. The summed E-state index contributed by atoms with van der Waals surface area (Å²) in [6, 6.07) is 0. The molecule has 0 saturated heterocycles. The number of hydrogen-bond acceptors (Lipinski definition) is 6. The van der Waals surface area contributed by atoms with Gasteiger partial charge in [0.25, 0.3) is 11.8 Å². The molecule has 0 heterocycles. The summed E-state index contributed by atoms with van der Waals surface area (Å²) in [5, 5.41) is 21.9. The molecule has 3 N–H and O–H groups in total. The molecule has 0 bridgehead atoms. The third-order valence-electron chi connectivity index (χ3n) is 3.12. The minimum Gasteiger partial charge on any atom is -0.396 e. The Bertz CT molecular complexity index is 456. The topological polar surface area (TPSA) is 107 Å². The molecule has 0 fully saturated rings. The number of amides is 3. The summed E-state index contributed by atoms with van der Waals surface area (Å²) in [4.78, 5) is 36.6. The van der Waals surface area contributed by atoms with Crippen molar-refractivity contribution in [3.8, 4) is 0 Å². The summed E-state index contributed by atoms with van der Waals surface area (Å²) in [6.45, 7) is 2.67. The van der Waals surface area contributed by atoms with Crippen molar-refractivity contribution in [1.29, 1.82) is 0 Å². The van der Waals surface area contributed by atoms with Crippen LogP contribution in [0.25, 0.3) is 0 Å². The van der Waals surface area contributed by atoms with Crippen molar-refractivity contribution in [2.75, 3.05) is 25.4 Å². The number of aliphatic hydroxyl groups is 2. The Kier molecular flexibility index (Phi) is 10.1. The molecule has 0 aliphatic heterocycles. The Hall–Kier alpha value is -1.09. The first-order valence-corrected chi connectivity index (χ1v) is 8.06. The van der Waals surface area contributed by atoms with E-state index >= 15 is 0 Å². The summed E-state index contributed by atoms with van der Waals surface area (Å²) in [6.07, 6.45) is -0.766. The van der Waals surface area contributed by atoms with Gasteiger partial charge in [-0.2, -0.15) is 12.6 Å². The number of halogens is 1. The van der Waals surface area contributed by atoms with Gasteiger partial charge in [0.1, 0.15) is 6.10 Å². The summed E-state index contributed by atoms with van der Waals surface area (Å²) < 4.78 is 0. The van der Waals surface area contributed by atoms with E-state index in [2.05, 4.69) is 17.9 Å². The summed E-state index contributed by atoms with van der Waals surface area (Å²) in [7, 11) is 0. The minimum absolute atomic E-state index is 0.117. The Labute approximate surface area is 146 Å². The third-order valence-corrected chi connectivity index (χ3v) is 3.47. The Balaban J connectivity index is 5.05. The van der Waals surface area contributed by atoms with Crippen molar-refractivity contribution in [2.45, 2.75) is 26.4 Å². The highest BCUT2D eigenvalue weighted by Crippen LogP contribution is 2.21. The highest BCUT2D eigenvalue weighted by molar-refractivity contribution is 7.80. The molecule has 0 saturated carbocycles. The van der Waals surface area contributed by atoms with Crippen LogP contribution < -0.4 is 5.32 Å². The molecule has 1 atom stereocenters. The van der Waals surface area contributed by atoms with E-state index < -0.39 is 29.9 Å². The molecule has 0 aromatic rings. The SMILES string of the molecule is CC(C)(CO)[C@@H](O)C(=O)N(CCC(=O)NCCS)C(=O)C=CCl. The lowest BCUT2D eigenvalue weighted by Crippen LogP contribution is -2.50. The number of carbonyl (C=O) groups excluding carboxylic acids is 3. The molecular weight excluding hydrogens is 344 g/mol. The maximum Gasteiger partial charge on any atom is 0.258 e. The number of nitrogens with zero attached hydrogens (tertiary/aromatic N) is 1. The van der Waals surface area contributed by atoms with E-state index in [0.29, 0.717) is 12.3 Å². The van der Waals surface area contributed by atoms with Gasteiger partial charge in [-0.05, 0) is 0 Å². The van der Waals surface area contributed by atoms with Crippen LogP contribution in [-0.4, -0.2) is 64.4 Å². The zero-order valence-electron chi connectivity index (χ0n) is 13.2. The summed E-state index contributed by atoms with van der Waals surface area (Å²) in [5.41, 5.74) is -0.193. The third kappa shape index (κ3) is 7.34. The molecule has 0 spiro atoms. The van der Waals surface area contributed by atoms with Gasteiger partial charge in [0, 0.05) is 42.3 Å². The van der Waals surface area contributed by atoms with Crippen molar-refractivity contribution in [3.63, 3.8) is 0 Å². The fourth-order valence-electron chi connectivity index (χ4n) is 1.54. The second kappa shape index (κ2) is 10.6. The molecule has 0 rings (SSSR count). The highest BCUT2D eigenvalue weighted by atomic mass is 35.5. The normalized spacial score (nSPS) is 13.0. The number of rotatable bonds is 9. The van der Waals surface area contributed by atoms with Crippen LogP contribution in [0.2, 0.25) is 0 Å². The number of carbonyl (C=O) groups is 3. The molecule has 7 nitrogen and oxygen atoms in total. The van der Waals surface area contributed by atoms with Crippen molar-refractivity contribution in [3.05, 3.63) is 11.6 Å². The van der Waals surface area contributed by atoms with Crippen LogP contribution in [0.5, 0.6) is 0 Å². The van der Waals surface area contributed by atoms with E-state index in [4.69, 9.17) is 11.6 Å². The van der Waals surface area contributed by atoms with Crippen molar-refractivity contribution in [1.82, 2.24) is 10.2 Å². The number of aliphatic hydroxyl groups excluding tert-OH is 2. The highest BCUT2D eigenvalue weighted by Gasteiger charge is 2.37. The summed E-state index contributed by atoms with van der Waals surface area (Å²) >= 11 is 9.30. The lowest BCUT2D eigenvalue weighted by atomic mass is 9.86. The molecular formula is C14H23ClN2O5S. The average Bonchev–Trinajstić information content (AvgIpc) is 2.52. The van der Waals surface area contributed by atoms with Gasteiger partial charge < -0.3 is 15.5 Å². The van der Waals surface area contributed by atoms with Crippen LogP contribution in [0.15, 0.2) is 11.6 Å². The van der Waals surface area contributed by atoms with Crippen molar-refractivity contribution in [2.24, 2.45) is 5.41 Å². The largest absolute Gasteiger partial charge is 0.396 e. The number of hydrogen-bond donors (Lipinski definition) is 4. The molecule has 0 unspecified atom stereocenters. The standard InChI is InChI=1S/C14H23ClN2O5S/c1-14(2,9-18)12(21)13(22)17(11(20)3-5-15)7-4-10(19)16-6-8-23/h3,5,12,18,21,23H,4,6-9H2,1-2H3,(H,16,19)/t12-/m0/s1. The van der Waals surface area contributed by atoms with Crippen LogP contribution in [0.4, 0.5) is 0 Å². The molecule has 0 aliphatic carbocycles. The second-order valence-corrected chi connectivity index (χ2v) is 6.19. The predicted molar refractivity (Wildman–Crippen MR) is 90.1 cm³/mol. The molecule has 23 heavy (non-hydrogen) atoms. The van der Waals surface area contributed by atoms with Gasteiger partial charge in [-0.15, -0.1) is 0 Å². The Morgan fingerprint density at radius 3 is 2.48 bits per heavy atom. The van der Waals surface area contributed by atoms with Gasteiger partial charge in [0.15, 0.2) is 0 Å². The molecule has 3 amide bonds. The molecule has 0 aliphatic rings. The quantitative estimate of drug-likeness (QED) is 0.337. The zero-order valence-corrected chi connectivity index (χ0v) is 14.8. The first-order chi connectivity index (χ1) is 10.7. The molecule has 132 valence electrons. The smallest absolute Gasteiger partial charge is 0.258 e. The van der Waals surface area contributed by atoms with Crippen molar-refractivity contribution < 1.29 is 24.6 Å². The molecule has 0 aromatic heterocycles. The molecule has 9 heteroatoms. The second-order valence-electron chi connectivity index (χ2n) is 5.49. The monoisotopic (exact) mass is 366 g/mol.